The maximum absolute atomic E-state index is 12.0. The van der Waals surface area contributed by atoms with Crippen molar-refractivity contribution in [3.8, 4) is 0 Å². The van der Waals surface area contributed by atoms with Crippen molar-refractivity contribution >= 4 is 11.6 Å². The molecule has 0 bridgehead atoms. The molecule has 0 aliphatic carbocycles. The molecule has 2 aromatic rings. The van der Waals surface area contributed by atoms with Gasteiger partial charge in [0.1, 0.15) is 12.2 Å². The van der Waals surface area contributed by atoms with Crippen LogP contribution < -0.4 is 10.6 Å². The first-order chi connectivity index (χ1) is 9.20. The van der Waals surface area contributed by atoms with Gasteiger partial charge in [0.15, 0.2) is 0 Å². The summed E-state index contributed by atoms with van der Waals surface area (Å²) in [6.45, 7) is 2.37. The molecule has 0 aliphatic rings. The van der Waals surface area contributed by atoms with E-state index in [0.717, 1.165) is 17.2 Å². The van der Waals surface area contributed by atoms with E-state index in [2.05, 4.69) is 30.8 Å². The molecule has 0 saturated carbocycles. The van der Waals surface area contributed by atoms with Crippen LogP contribution in [0.3, 0.4) is 0 Å². The molecular formula is C12H16N6O. The Labute approximate surface area is 110 Å². The molecule has 100 valence electrons. The van der Waals surface area contributed by atoms with Gasteiger partial charge in [-0.15, -0.1) is 0 Å². The average Bonchev–Trinajstić information content (AvgIpc) is 2.91. The summed E-state index contributed by atoms with van der Waals surface area (Å²) < 4.78 is 0. The number of anilines is 1. The summed E-state index contributed by atoms with van der Waals surface area (Å²) in [7, 11) is 1.78. The Morgan fingerprint density at radius 1 is 1.42 bits per heavy atom. The van der Waals surface area contributed by atoms with Gasteiger partial charge in [0.05, 0.1) is 11.3 Å². The van der Waals surface area contributed by atoms with Gasteiger partial charge in [-0.3, -0.25) is 14.9 Å². The summed E-state index contributed by atoms with van der Waals surface area (Å²) in [5.74, 6) is 0.590. The van der Waals surface area contributed by atoms with Crippen molar-refractivity contribution in [2.24, 2.45) is 0 Å². The number of aryl methyl sites for hydroxylation is 1. The lowest BCUT2D eigenvalue weighted by atomic mass is 10.2. The summed E-state index contributed by atoms with van der Waals surface area (Å²) in [5.41, 5.74) is 2.16. The van der Waals surface area contributed by atoms with E-state index in [1.54, 1.807) is 13.2 Å². The fraction of sp³-hybridized carbons (Fsp3) is 0.333. The van der Waals surface area contributed by atoms with Gasteiger partial charge in [0.25, 0.3) is 5.91 Å². The molecule has 2 aromatic heterocycles. The van der Waals surface area contributed by atoms with E-state index in [1.807, 2.05) is 13.0 Å². The van der Waals surface area contributed by atoms with E-state index >= 15 is 0 Å². The average molecular weight is 260 g/mol. The third-order valence-electron chi connectivity index (χ3n) is 2.67. The molecule has 0 spiro atoms. The summed E-state index contributed by atoms with van der Waals surface area (Å²) in [6, 6.07) is 1.84. The molecule has 3 N–H and O–H groups in total. The Hall–Kier alpha value is -2.44. The highest BCUT2D eigenvalue weighted by atomic mass is 16.1. The lowest BCUT2D eigenvalue weighted by Crippen LogP contribution is -2.27. The number of nitrogens with one attached hydrogen (secondary N) is 3. The van der Waals surface area contributed by atoms with Gasteiger partial charge in [-0.1, -0.05) is 0 Å². The molecule has 19 heavy (non-hydrogen) atoms. The van der Waals surface area contributed by atoms with E-state index < -0.39 is 0 Å². The van der Waals surface area contributed by atoms with Crippen molar-refractivity contribution in [1.82, 2.24) is 25.5 Å². The topological polar surface area (TPSA) is 95.6 Å². The first kappa shape index (κ1) is 13.0. The standard InChI is InChI=1S/C12H16N6O/c1-8-5-10(13-2)9(6-15-8)12(19)14-4-3-11-16-7-17-18-11/h5-7H,3-4H2,1-2H3,(H,13,15)(H,14,19)(H,16,17,18). The van der Waals surface area contributed by atoms with Crippen molar-refractivity contribution in [3.05, 3.63) is 35.7 Å². The number of aromatic nitrogens is 4. The van der Waals surface area contributed by atoms with Crippen LogP contribution in [0.2, 0.25) is 0 Å². The molecule has 0 fully saturated rings. The number of carbonyl (C=O) groups is 1. The Kier molecular flexibility index (Phi) is 4.07. The lowest BCUT2D eigenvalue weighted by Gasteiger charge is -2.09. The monoisotopic (exact) mass is 260 g/mol. The molecule has 0 unspecified atom stereocenters. The van der Waals surface area contributed by atoms with Crippen molar-refractivity contribution in [2.75, 3.05) is 18.9 Å². The maximum Gasteiger partial charge on any atom is 0.254 e. The lowest BCUT2D eigenvalue weighted by molar-refractivity contribution is 0.0954. The predicted octanol–water partition coefficient (Wildman–Crippen LogP) is 0.522. The number of carbonyl (C=O) groups excluding carboxylic acids is 1. The van der Waals surface area contributed by atoms with E-state index in [-0.39, 0.29) is 5.91 Å². The molecule has 2 heterocycles. The normalized spacial score (nSPS) is 10.2. The summed E-state index contributed by atoms with van der Waals surface area (Å²) in [6.07, 6.45) is 3.63. The zero-order valence-corrected chi connectivity index (χ0v) is 10.9. The minimum Gasteiger partial charge on any atom is -0.387 e. The fourth-order valence-electron chi connectivity index (χ4n) is 1.69. The van der Waals surface area contributed by atoms with Crippen molar-refractivity contribution < 1.29 is 4.79 Å². The van der Waals surface area contributed by atoms with E-state index in [9.17, 15) is 4.79 Å². The van der Waals surface area contributed by atoms with Crippen LogP contribution >= 0.6 is 0 Å². The Balaban J connectivity index is 1.96. The number of rotatable bonds is 5. The largest absolute Gasteiger partial charge is 0.387 e. The van der Waals surface area contributed by atoms with Gasteiger partial charge >= 0.3 is 0 Å². The first-order valence-electron chi connectivity index (χ1n) is 5.97. The number of H-pyrrole nitrogens is 1. The molecule has 0 aliphatic heterocycles. The Bertz CT molecular complexity index is 551. The molecule has 7 heteroatoms. The van der Waals surface area contributed by atoms with E-state index in [1.165, 1.54) is 6.33 Å². The van der Waals surface area contributed by atoms with Gasteiger partial charge in [0, 0.05) is 31.9 Å². The fourth-order valence-corrected chi connectivity index (χ4v) is 1.69. The van der Waals surface area contributed by atoms with Crippen LogP contribution in [0.25, 0.3) is 0 Å². The molecule has 1 amide bonds. The third-order valence-corrected chi connectivity index (χ3v) is 2.67. The minimum absolute atomic E-state index is 0.156. The number of hydrogen-bond acceptors (Lipinski definition) is 5. The summed E-state index contributed by atoms with van der Waals surface area (Å²) >= 11 is 0. The quantitative estimate of drug-likeness (QED) is 0.728. The molecule has 7 nitrogen and oxygen atoms in total. The first-order valence-corrected chi connectivity index (χ1v) is 5.97. The van der Waals surface area contributed by atoms with Crippen molar-refractivity contribution in [1.29, 1.82) is 0 Å². The number of pyridine rings is 1. The molecule has 0 saturated heterocycles. The van der Waals surface area contributed by atoms with Gasteiger partial charge in [-0.25, -0.2) is 4.98 Å². The van der Waals surface area contributed by atoms with Crippen LogP contribution in [0.1, 0.15) is 21.9 Å². The zero-order chi connectivity index (χ0) is 13.7. The van der Waals surface area contributed by atoms with Crippen LogP contribution in [0.5, 0.6) is 0 Å². The number of aromatic amines is 1. The van der Waals surface area contributed by atoms with Crippen molar-refractivity contribution in [3.63, 3.8) is 0 Å². The number of nitrogens with zero attached hydrogens (tertiary/aromatic N) is 3. The zero-order valence-electron chi connectivity index (χ0n) is 10.9. The second-order valence-corrected chi connectivity index (χ2v) is 4.06. The van der Waals surface area contributed by atoms with Crippen LogP contribution in [-0.4, -0.2) is 39.7 Å². The maximum atomic E-state index is 12.0. The van der Waals surface area contributed by atoms with Gasteiger partial charge < -0.3 is 10.6 Å². The SMILES string of the molecule is CNc1cc(C)ncc1C(=O)NCCc1ncn[nH]1. The highest BCUT2D eigenvalue weighted by Crippen LogP contribution is 2.14. The van der Waals surface area contributed by atoms with Gasteiger partial charge in [-0.05, 0) is 13.0 Å². The van der Waals surface area contributed by atoms with E-state index in [0.29, 0.717) is 18.5 Å². The smallest absolute Gasteiger partial charge is 0.254 e. The second kappa shape index (κ2) is 5.94. The molecule has 0 atom stereocenters. The highest BCUT2D eigenvalue weighted by molar-refractivity contribution is 5.99. The minimum atomic E-state index is -0.156. The summed E-state index contributed by atoms with van der Waals surface area (Å²) in [4.78, 5) is 20.2. The number of hydrogen-bond donors (Lipinski definition) is 3. The van der Waals surface area contributed by atoms with Crippen LogP contribution in [0.4, 0.5) is 5.69 Å². The molecule has 0 aromatic carbocycles. The predicted molar refractivity (Wildman–Crippen MR) is 70.9 cm³/mol. The number of amides is 1. The molecular weight excluding hydrogens is 244 g/mol. The summed E-state index contributed by atoms with van der Waals surface area (Å²) in [5, 5.41) is 12.3. The Morgan fingerprint density at radius 2 is 2.26 bits per heavy atom. The van der Waals surface area contributed by atoms with E-state index in [4.69, 9.17) is 0 Å². The third kappa shape index (κ3) is 3.27. The van der Waals surface area contributed by atoms with Crippen LogP contribution in [0.15, 0.2) is 18.6 Å². The van der Waals surface area contributed by atoms with Crippen LogP contribution in [0, 0.1) is 6.92 Å². The van der Waals surface area contributed by atoms with Crippen molar-refractivity contribution in [2.45, 2.75) is 13.3 Å². The van der Waals surface area contributed by atoms with Gasteiger partial charge in [0.2, 0.25) is 0 Å². The molecule has 2 rings (SSSR count). The van der Waals surface area contributed by atoms with Gasteiger partial charge in [-0.2, -0.15) is 5.10 Å². The molecule has 0 radical (unpaired) electrons. The van der Waals surface area contributed by atoms with Crippen LogP contribution in [-0.2, 0) is 6.42 Å². The Morgan fingerprint density at radius 3 is 2.95 bits per heavy atom. The highest BCUT2D eigenvalue weighted by Gasteiger charge is 2.11. The second-order valence-electron chi connectivity index (χ2n) is 4.06.